The molecule has 1 aliphatic carbocycles. The third kappa shape index (κ3) is 4.60. The molecule has 1 aliphatic heterocycles. The number of H-pyrrole nitrogens is 1. The number of benzene rings is 2. The molecule has 2 aromatic carbocycles. The number of aromatic nitrogens is 3. The van der Waals surface area contributed by atoms with E-state index in [0.29, 0.717) is 23.2 Å². The maximum Gasteiger partial charge on any atom is 0.254 e. The van der Waals surface area contributed by atoms with Crippen LogP contribution in [0.4, 0.5) is 0 Å². The highest BCUT2D eigenvalue weighted by Crippen LogP contribution is 2.42. The van der Waals surface area contributed by atoms with Gasteiger partial charge in [0, 0.05) is 30.6 Å². The summed E-state index contributed by atoms with van der Waals surface area (Å²) in [4.78, 5) is 20.5. The molecule has 180 valence electrons. The first-order chi connectivity index (χ1) is 17.1. The summed E-state index contributed by atoms with van der Waals surface area (Å²) >= 11 is 0. The number of aryl methyl sites for hydroxylation is 2. The molecule has 2 fully saturated rings. The molecule has 0 radical (unpaired) electrons. The number of nitrogens with zero attached hydrogens (tertiary/aromatic N) is 4. The fraction of sp³-hybridized carbons (Fsp3) is 0.448. The largest absolute Gasteiger partial charge is 0.339 e. The van der Waals surface area contributed by atoms with Crippen molar-refractivity contribution in [1.29, 1.82) is 5.26 Å². The molecule has 6 heteroatoms. The molecule has 5 rings (SSSR count). The van der Waals surface area contributed by atoms with Gasteiger partial charge in [-0.25, -0.2) is 4.98 Å². The third-order valence-electron chi connectivity index (χ3n) is 7.83. The Kier molecular flexibility index (Phi) is 6.68. The first-order valence-corrected chi connectivity index (χ1v) is 13.0. The van der Waals surface area contributed by atoms with Gasteiger partial charge in [0.25, 0.3) is 5.91 Å². The quantitative estimate of drug-likeness (QED) is 0.500. The Hall–Kier alpha value is -3.46. The van der Waals surface area contributed by atoms with Crippen LogP contribution in [0.1, 0.15) is 96.2 Å². The lowest BCUT2D eigenvalue weighted by Crippen LogP contribution is -2.38. The van der Waals surface area contributed by atoms with Crippen LogP contribution in [0, 0.1) is 11.3 Å². The van der Waals surface area contributed by atoms with E-state index in [-0.39, 0.29) is 5.91 Å². The van der Waals surface area contributed by atoms with E-state index in [9.17, 15) is 4.79 Å². The summed E-state index contributed by atoms with van der Waals surface area (Å²) in [5.74, 6) is 2.66. The third-order valence-corrected chi connectivity index (χ3v) is 7.83. The number of hydrogen-bond donors (Lipinski definition) is 1. The molecule has 3 aromatic rings. The lowest BCUT2D eigenvalue weighted by molar-refractivity contribution is 0.0712. The minimum atomic E-state index is 0.118. The summed E-state index contributed by atoms with van der Waals surface area (Å²) in [6.45, 7) is 5.68. The van der Waals surface area contributed by atoms with Gasteiger partial charge < -0.3 is 4.90 Å². The van der Waals surface area contributed by atoms with Gasteiger partial charge in [0.05, 0.1) is 11.6 Å². The van der Waals surface area contributed by atoms with E-state index in [0.717, 1.165) is 61.3 Å². The van der Waals surface area contributed by atoms with Crippen molar-refractivity contribution < 1.29 is 4.79 Å². The Morgan fingerprint density at radius 3 is 2.37 bits per heavy atom. The number of amides is 1. The minimum Gasteiger partial charge on any atom is -0.339 e. The van der Waals surface area contributed by atoms with Crippen LogP contribution in [-0.4, -0.2) is 39.1 Å². The Labute approximate surface area is 207 Å². The highest BCUT2D eigenvalue weighted by Gasteiger charge is 2.29. The van der Waals surface area contributed by atoms with Gasteiger partial charge in [-0.15, -0.1) is 0 Å². The standard InChI is InChI=1S/C29H33N5O/c1-3-20-16-24(23-6-5-7-23)26(28-31-27(4-2)32-33-28)17-25(20)29(35)34-14-12-22(13-15-34)21-10-8-19(18-30)9-11-21/h8-11,16-17,22-23H,3-7,12-15H2,1-2H3,(H,31,32,33). The number of piperidine rings is 1. The van der Waals surface area contributed by atoms with Gasteiger partial charge >= 0.3 is 0 Å². The zero-order chi connectivity index (χ0) is 24.4. The number of rotatable bonds is 6. The molecule has 1 aromatic heterocycles. The smallest absolute Gasteiger partial charge is 0.254 e. The molecule has 1 amide bonds. The van der Waals surface area contributed by atoms with E-state index in [4.69, 9.17) is 10.2 Å². The highest BCUT2D eigenvalue weighted by atomic mass is 16.2. The first-order valence-electron chi connectivity index (χ1n) is 13.0. The Morgan fingerprint density at radius 2 is 1.80 bits per heavy atom. The van der Waals surface area contributed by atoms with Crippen molar-refractivity contribution >= 4 is 5.91 Å². The van der Waals surface area contributed by atoms with Crippen LogP contribution in [0.3, 0.4) is 0 Å². The number of carbonyl (C=O) groups is 1. The van der Waals surface area contributed by atoms with Crippen molar-refractivity contribution in [2.24, 2.45) is 0 Å². The summed E-state index contributed by atoms with van der Waals surface area (Å²) in [5, 5.41) is 16.6. The molecule has 0 unspecified atom stereocenters. The van der Waals surface area contributed by atoms with Crippen LogP contribution in [0.2, 0.25) is 0 Å². The van der Waals surface area contributed by atoms with Crippen LogP contribution >= 0.6 is 0 Å². The molecule has 35 heavy (non-hydrogen) atoms. The Bertz CT molecular complexity index is 1240. The van der Waals surface area contributed by atoms with Crippen molar-refractivity contribution in [3.8, 4) is 17.5 Å². The molecule has 2 aliphatic rings. The van der Waals surface area contributed by atoms with Gasteiger partial charge in [-0.2, -0.15) is 10.4 Å². The fourth-order valence-corrected chi connectivity index (χ4v) is 5.40. The Morgan fingerprint density at radius 1 is 1.06 bits per heavy atom. The van der Waals surface area contributed by atoms with Gasteiger partial charge in [-0.3, -0.25) is 9.89 Å². The fourth-order valence-electron chi connectivity index (χ4n) is 5.40. The summed E-state index contributed by atoms with van der Waals surface area (Å²) in [6.07, 6.45) is 7.15. The van der Waals surface area contributed by atoms with E-state index in [1.807, 2.05) is 17.0 Å². The molecule has 0 bridgehead atoms. The lowest BCUT2D eigenvalue weighted by Gasteiger charge is -2.33. The zero-order valence-corrected chi connectivity index (χ0v) is 20.7. The number of nitriles is 1. The van der Waals surface area contributed by atoms with Gasteiger partial charge in [-0.1, -0.05) is 38.5 Å². The number of likely N-dealkylation sites (tertiary alicyclic amines) is 1. The average molecular weight is 468 g/mol. The molecule has 2 heterocycles. The molecular formula is C29H33N5O. The van der Waals surface area contributed by atoms with Gasteiger partial charge in [0.15, 0.2) is 5.82 Å². The van der Waals surface area contributed by atoms with Gasteiger partial charge in [0.2, 0.25) is 0 Å². The second-order valence-electron chi connectivity index (χ2n) is 9.84. The van der Waals surface area contributed by atoms with Gasteiger partial charge in [-0.05, 0) is 78.8 Å². The van der Waals surface area contributed by atoms with Crippen molar-refractivity contribution in [2.75, 3.05) is 13.1 Å². The Balaban J connectivity index is 1.40. The normalized spacial score (nSPS) is 16.7. The molecule has 6 nitrogen and oxygen atoms in total. The van der Waals surface area contributed by atoms with Crippen molar-refractivity contribution in [3.05, 3.63) is 70.0 Å². The summed E-state index contributed by atoms with van der Waals surface area (Å²) < 4.78 is 0. The van der Waals surface area contributed by atoms with Crippen molar-refractivity contribution in [2.45, 2.75) is 70.6 Å². The number of hydrogen-bond acceptors (Lipinski definition) is 4. The van der Waals surface area contributed by atoms with Gasteiger partial charge in [0.1, 0.15) is 5.82 Å². The minimum absolute atomic E-state index is 0.118. The predicted molar refractivity (Wildman–Crippen MR) is 136 cm³/mol. The van der Waals surface area contributed by atoms with E-state index in [2.05, 4.69) is 54.4 Å². The summed E-state index contributed by atoms with van der Waals surface area (Å²) in [7, 11) is 0. The van der Waals surface area contributed by atoms with Crippen LogP contribution in [-0.2, 0) is 12.8 Å². The van der Waals surface area contributed by atoms with E-state index < -0.39 is 0 Å². The van der Waals surface area contributed by atoms with Crippen LogP contribution in [0.5, 0.6) is 0 Å². The number of carbonyl (C=O) groups excluding carboxylic acids is 1. The summed E-state index contributed by atoms with van der Waals surface area (Å²) in [6, 6.07) is 14.4. The van der Waals surface area contributed by atoms with E-state index in [1.54, 1.807) is 0 Å². The van der Waals surface area contributed by atoms with E-state index >= 15 is 0 Å². The monoisotopic (exact) mass is 467 g/mol. The predicted octanol–water partition coefficient (Wildman–Crippen LogP) is 5.76. The zero-order valence-electron chi connectivity index (χ0n) is 20.7. The number of aromatic amines is 1. The average Bonchev–Trinajstić information content (AvgIpc) is 3.36. The second-order valence-corrected chi connectivity index (χ2v) is 9.84. The molecule has 0 spiro atoms. The maximum atomic E-state index is 13.8. The lowest BCUT2D eigenvalue weighted by atomic mass is 9.76. The molecular weight excluding hydrogens is 434 g/mol. The molecule has 1 saturated heterocycles. The SMILES string of the molecule is CCc1nc(-c2cc(C(=O)N3CCC(c4ccc(C#N)cc4)CC3)c(CC)cc2C2CCC2)n[nH]1. The van der Waals surface area contributed by atoms with E-state index in [1.165, 1.54) is 30.4 Å². The molecule has 1 N–H and O–H groups in total. The summed E-state index contributed by atoms with van der Waals surface area (Å²) in [5.41, 5.74) is 6.18. The second kappa shape index (κ2) is 10.0. The number of nitrogens with one attached hydrogen (secondary N) is 1. The van der Waals surface area contributed by atoms with Crippen molar-refractivity contribution in [3.63, 3.8) is 0 Å². The highest BCUT2D eigenvalue weighted by molar-refractivity contribution is 5.97. The maximum absolute atomic E-state index is 13.8. The molecule has 0 atom stereocenters. The van der Waals surface area contributed by atoms with Crippen LogP contribution < -0.4 is 0 Å². The van der Waals surface area contributed by atoms with Crippen LogP contribution in [0.25, 0.3) is 11.4 Å². The van der Waals surface area contributed by atoms with Crippen LogP contribution in [0.15, 0.2) is 36.4 Å². The topological polar surface area (TPSA) is 85.7 Å². The van der Waals surface area contributed by atoms with Crippen molar-refractivity contribution in [1.82, 2.24) is 20.1 Å². The first kappa shape index (κ1) is 23.3. The molecule has 1 saturated carbocycles.